The molecule has 0 aliphatic heterocycles. The monoisotopic (exact) mass is 260 g/mol. The van der Waals surface area contributed by atoms with Crippen molar-refractivity contribution in [3.63, 3.8) is 0 Å². The van der Waals surface area contributed by atoms with E-state index in [1.54, 1.807) is 0 Å². The fraction of sp³-hybridized carbons (Fsp3) is 0.700. The second kappa shape index (κ2) is 5.50. The molecule has 0 radical (unpaired) electrons. The number of nitrogens with zero attached hydrogens (tertiary/aromatic N) is 2. The summed E-state index contributed by atoms with van der Waals surface area (Å²) in [5, 5.41) is 3.91. The summed E-state index contributed by atoms with van der Waals surface area (Å²) in [5.74, 6) is 0.498. The van der Waals surface area contributed by atoms with Crippen LogP contribution in [0.1, 0.15) is 27.2 Å². The lowest BCUT2D eigenvalue weighted by atomic mass is 10.1. The Bertz CT molecular complexity index is 465. The van der Waals surface area contributed by atoms with Crippen LogP contribution in [0.2, 0.25) is 0 Å². The molecule has 98 valence electrons. The number of nitrogens with one attached hydrogen (secondary N) is 1. The second-order valence-electron chi connectivity index (χ2n) is 4.31. The minimum atomic E-state index is -3.53. The highest BCUT2D eigenvalue weighted by Crippen LogP contribution is 2.15. The number of aromatic nitrogens is 2. The van der Waals surface area contributed by atoms with Crippen molar-refractivity contribution in [2.75, 3.05) is 12.3 Å². The number of nitrogens with two attached hydrogens (primary N) is 1. The maximum atomic E-state index is 11.9. The van der Waals surface area contributed by atoms with Gasteiger partial charge in [-0.2, -0.15) is 5.10 Å². The van der Waals surface area contributed by atoms with E-state index in [9.17, 15) is 8.42 Å². The number of rotatable bonds is 6. The molecule has 17 heavy (non-hydrogen) atoms. The van der Waals surface area contributed by atoms with Crippen LogP contribution in [0.4, 0.5) is 5.82 Å². The normalized spacial score (nSPS) is 12.2. The Morgan fingerprint density at radius 1 is 1.53 bits per heavy atom. The van der Waals surface area contributed by atoms with E-state index in [0.717, 1.165) is 6.42 Å². The average molecular weight is 260 g/mol. The van der Waals surface area contributed by atoms with Crippen LogP contribution in [0.25, 0.3) is 0 Å². The van der Waals surface area contributed by atoms with Crippen LogP contribution in [0.5, 0.6) is 0 Å². The predicted molar refractivity (Wildman–Crippen MR) is 67.0 cm³/mol. The molecule has 0 saturated carbocycles. The van der Waals surface area contributed by atoms with Gasteiger partial charge in [0.1, 0.15) is 4.90 Å². The first-order valence-corrected chi connectivity index (χ1v) is 7.17. The molecule has 1 rings (SSSR count). The van der Waals surface area contributed by atoms with Crippen LogP contribution >= 0.6 is 0 Å². The molecule has 0 spiro atoms. The molecule has 6 nitrogen and oxygen atoms in total. The Kier molecular flexibility index (Phi) is 4.53. The topological polar surface area (TPSA) is 90.0 Å². The molecule has 7 heteroatoms. The highest BCUT2D eigenvalue weighted by molar-refractivity contribution is 7.89. The highest BCUT2D eigenvalue weighted by atomic mass is 32.2. The van der Waals surface area contributed by atoms with Gasteiger partial charge in [0.05, 0.1) is 0 Å². The van der Waals surface area contributed by atoms with Gasteiger partial charge in [-0.25, -0.2) is 13.1 Å². The number of aryl methyl sites for hydroxylation is 1. The molecular formula is C10H20N4O2S. The number of anilines is 1. The van der Waals surface area contributed by atoms with Crippen molar-refractivity contribution in [1.29, 1.82) is 0 Å². The third-order valence-corrected chi connectivity index (χ3v) is 3.86. The molecule has 1 aromatic rings. The van der Waals surface area contributed by atoms with Gasteiger partial charge in [-0.3, -0.25) is 4.68 Å². The quantitative estimate of drug-likeness (QED) is 0.792. The Morgan fingerprint density at radius 2 is 2.18 bits per heavy atom. The molecule has 0 unspecified atom stereocenters. The van der Waals surface area contributed by atoms with E-state index in [2.05, 4.69) is 9.82 Å². The molecule has 0 aliphatic rings. The molecule has 0 aromatic carbocycles. The van der Waals surface area contributed by atoms with Crippen molar-refractivity contribution in [2.45, 2.75) is 38.6 Å². The summed E-state index contributed by atoms with van der Waals surface area (Å²) in [4.78, 5) is 0.0584. The molecule has 1 heterocycles. The van der Waals surface area contributed by atoms with Gasteiger partial charge >= 0.3 is 0 Å². The van der Waals surface area contributed by atoms with Gasteiger partial charge in [0.15, 0.2) is 5.82 Å². The van der Waals surface area contributed by atoms with Crippen LogP contribution < -0.4 is 10.5 Å². The highest BCUT2D eigenvalue weighted by Gasteiger charge is 2.20. The van der Waals surface area contributed by atoms with Crippen LogP contribution in [-0.4, -0.2) is 24.7 Å². The average Bonchev–Trinajstić information content (AvgIpc) is 2.59. The Balaban J connectivity index is 2.78. The van der Waals surface area contributed by atoms with Crippen molar-refractivity contribution < 1.29 is 8.42 Å². The number of nitrogen functional groups attached to an aromatic ring is 1. The molecule has 0 aliphatic carbocycles. The first kappa shape index (κ1) is 14.0. The van der Waals surface area contributed by atoms with E-state index >= 15 is 0 Å². The summed E-state index contributed by atoms with van der Waals surface area (Å²) in [7, 11) is -3.53. The molecule has 0 amide bonds. The van der Waals surface area contributed by atoms with E-state index in [1.165, 1.54) is 10.9 Å². The van der Waals surface area contributed by atoms with Gasteiger partial charge in [-0.15, -0.1) is 0 Å². The summed E-state index contributed by atoms with van der Waals surface area (Å²) in [6.45, 7) is 6.95. The van der Waals surface area contributed by atoms with E-state index < -0.39 is 10.0 Å². The Labute approximate surface area is 102 Å². The van der Waals surface area contributed by atoms with Gasteiger partial charge in [-0.05, 0) is 19.3 Å². The van der Waals surface area contributed by atoms with Gasteiger partial charge < -0.3 is 5.73 Å². The van der Waals surface area contributed by atoms with Crippen molar-refractivity contribution in [2.24, 2.45) is 5.92 Å². The lowest BCUT2D eigenvalue weighted by Gasteiger charge is -2.06. The van der Waals surface area contributed by atoms with Crippen molar-refractivity contribution in [1.82, 2.24) is 14.5 Å². The Morgan fingerprint density at radius 3 is 2.65 bits per heavy atom. The van der Waals surface area contributed by atoms with Gasteiger partial charge in [0.2, 0.25) is 10.0 Å². The zero-order valence-corrected chi connectivity index (χ0v) is 11.3. The van der Waals surface area contributed by atoms with Crippen molar-refractivity contribution >= 4 is 15.8 Å². The van der Waals surface area contributed by atoms with E-state index in [-0.39, 0.29) is 10.7 Å². The summed E-state index contributed by atoms with van der Waals surface area (Å²) < 4.78 is 27.9. The third-order valence-electron chi connectivity index (χ3n) is 2.38. The molecule has 0 bridgehead atoms. The summed E-state index contributed by atoms with van der Waals surface area (Å²) in [5.41, 5.74) is 5.58. The number of hydrogen-bond acceptors (Lipinski definition) is 4. The minimum absolute atomic E-state index is 0.0453. The van der Waals surface area contributed by atoms with Crippen LogP contribution in [0, 0.1) is 5.92 Å². The van der Waals surface area contributed by atoms with Crippen LogP contribution in [-0.2, 0) is 16.6 Å². The smallest absolute Gasteiger partial charge is 0.245 e. The van der Waals surface area contributed by atoms with E-state index in [1.807, 2.05) is 20.8 Å². The van der Waals surface area contributed by atoms with E-state index in [0.29, 0.717) is 19.0 Å². The van der Waals surface area contributed by atoms with Gasteiger partial charge in [0.25, 0.3) is 0 Å². The first-order valence-electron chi connectivity index (χ1n) is 5.69. The standard InChI is InChI=1S/C10H20N4O2S/c1-4-14-7-9(10(11)13-14)17(15,16)12-6-5-8(2)3/h7-8,12H,4-6H2,1-3H3,(H2,11,13). The number of hydrogen-bond donors (Lipinski definition) is 2. The summed E-state index contributed by atoms with van der Waals surface area (Å²) >= 11 is 0. The molecule has 0 atom stereocenters. The minimum Gasteiger partial charge on any atom is -0.381 e. The largest absolute Gasteiger partial charge is 0.381 e. The van der Waals surface area contributed by atoms with Crippen molar-refractivity contribution in [3.8, 4) is 0 Å². The Hall–Kier alpha value is -1.08. The zero-order valence-electron chi connectivity index (χ0n) is 10.5. The summed E-state index contributed by atoms with van der Waals surface area (Å²) in [6.07, 6.45) is 2.24. The number of sulfonamides is 1. The SMILES string of the molecule is CCn1cc(S(=O)(=O)NCCC(C)C)c(N)n1. The lowest BCUT2D eigenvalue weighted by molar-refractivity contribution is 0.551. The van der Waals surface area contributed by atoms with Gasteiger partial charge in [0, 0.05) is 19.3 Å². The van der Waals surface area contributed by atoms with Crippen LogP contribution in [0.3, 0.4) is 0 Å². The van der Waals surface area contributed by atoms with Crippen LogP contribution in [0.15, 0.2) is 11.1 Å². The molecule has 1 aromatic heterocycles. The predicted octanol–water partition coefficient (Wildman–Crippen LogP) is 0.810. The molecule has 0 fully saturated rings. The first-order chi connectivity index (χ1) is 7.86. The van der Waals surface area contributed by atoms with Gasteiger partial charge in [-0.1, -0.05) is 13.8 Å². The van der Waals surface area contributed by atoms with Crippen molar-refractivity contribution in [3.05, 3.63) is 6.20 Å². The zero-order chi connectivity index (χ0) is 13.1. The fourth-order valence-corrected chi connectivity index (χ4v) is 2.47. The fourth-order valence-electron chi connectivity index (χ4n) is 1.35. The maximum absolute atomic E-state index is 11.9. The maximum Gasteiger partial charge on any atom is 0.245 e. The summed E-state index contributed by atoms with van der Waals surface area (Å²) in [6, 6.07) is 0. The molecule has 0 saturated heterocycles. The lowest BCUT2D eigenvalue weighted by Crippen LogP contribution is -2.26. The molecular weight excluding hydrogens is 240 g/mol. The molecule has 3 N–H and O–H groups in total. The third kappa shape index (κ3) is 3.71. The second-order valence-corrected chi connectivity index (χ2v) is 6.05. The van der Waals surface area contributed by atoms with E-state index in [4.69, 9.17) is 5.73 Å².